The van der Waals surface area contributed by atoms with Crippen LogP contribution in [0.2, 0.25) is 0 Å². The van der Waals surface area contributed by atoms with Crippen LogP contribution in [0.25, 0.3) is 0 Å². The predicted octanol–water partition coefficient (Wildman–Crippen LogP) is 3.71. The fraction of sp³-hybridized carbons (Fsp3) is 0.364. The molecule has 0 saturated heterocycles. The van der Waals surface area contributed by atoms with Crippen LogP contribution in [0, 0.1) is 11.3 Å². The maximum Gasteiger partial charge on any atom is 0.338 e. The Kier molecular flexibility index (Phi) is 5.78. The first-order valence-corrected chi connectivity index (χ1v) is 9.39. The molecule has 1 aliphatic heterocycles. The molecule has 0 aromatic heterocycles. The van der Waals surface area contributed by atoms with Gasteiger partial charge in [0.05, 0.1) is 23.4 Å². The molecule has 1 aliphatic rings. The summed E-state index contributed by atoms with van der Waals surface area (Å²) in [4.78, 5) is 14.3. The van der Waals surface area contributed by atoms with E-state index in [1.54, 1.807) is 6.07 Å². The summed E-state index contributed by atoms with van der Waals surface area (Å²) in [6.07, 6.45) is 2.40. The van der Waals surface area contributed by atoms with Gasteiger partial charge in [-0.15, -0.1) is 0 Å². The van der Waals surface area contributed by atoms with Gasteiger partial charge < -0.3 is 15.4 Å². The van der Waals surface area contributed by atoms with E-state index < -0.39 is 0 Å². The van der Waals surface area contributed by atoms with Crippen LogP contribution < -0.4 is 10.6 Å². The van der Waals surface area contributed by atoms with Gasteiger partial charge in [-0.05, 0) is 61.6 Å². The predicted molar refractivity (Wildman–Crippen MR) is 106 cm³/mol. The van der Waals surface area contributed by atoms with Gasteiger partial charge in [0, 0.05) is 18.3 Å². The molecule has 2 aromatic rings. The molecule has 1 unspecified atom stereocenters. The second-order valence-corrected chi connectivity index (χ2v) is 7.03. The first-order chi connectivity index (χ1) is 13.0. The molecule has 2 N–H and O–H groups in total. The molecule has 0 spiro atoms. The number of nitriles is 1. The molecule has 0 bridgehead atoms. The summed E-state index contributed by atoms with van der Waals surface area (Å²) in [6, 6.07) is 13.9. The smallest absolute Gasteiger partial charge is 0.338 e. The Hall–Kier alpha value is -2.84. The molecule has 0 fully saturated rings. The minimum Gasteiger partial charge on any atom is -0.462 e. The van der Waals surface area contributed by atoms with E-state index in [4.69, 9.17) is 10.5 Å². The Morgan fingerprint density at radius 3 is 2.89 bits per heavy atom. The number of fused-ring (bicyclic) bond motifs is 1. The third-order valence-corrected chi connectivity index (χ3v) is 4.63. The number of carbonyl (C=O) groups excluding carboxylic acids is 1. The summed E-state index contributed by atoms with van der Waals surface area (Å²) in [5, 5.41) is 9.68. The number of hydrogen-bond acceptors (Lipinski definition) is 5. The van der Waals surface area contributed by atoms with Gasteiger partial charge in [-0.3, -0.25) is 0 Å². The van der Waals surface area contributed by atoms with Crippen molar-refractivity contribution >= 4 is 17.3 Å². The number of esters is 1. The fourth-order valence-corrected chi connectivity index (χ4v) is 3.53. The number of carbonyl (C=O) groups is 1. The Balaban J connectivity index is 1.94. The van der Waals surface area contributed by atoms with E-state index >= 15 is 0 Å². The van der Waals surface area contributed by atoms with Crippen molar-refractivity contribution in [2.75, 3.05) is 18.1 Å². The quantitative estimate of drug-likeness (QED) is 0.792. The molecule has 0 amide bonds. The normalized spacial score (nSPS) is 13.8. The lowest BCUT2D eigenvalue weighted by Crippen LogP contribution is -2.18. The second kappa shape index (κ2) is 8.24. The standard InChI is InChI=1S/C22H25N3O2/c1-3-9-27-22(26)18-5-4-6-20(13-18)25-8-7-17-11-16(10-15(2)24)12-19(14-23)21(17)25/h4-6,11-13,15H,3,7-10,24H2,1-2H3. The first kappa shape index (κ1) is 18.9. The minimum atomic E-state index is -0.314. The van der Waals surface area contributed by atoms with E-state index in [9.17, 15) is 10.1 Å². The molecule has 0 saturated carbocycles. The van der Waals surface area contributed by atoms with Gasteiger partial charge in [0.15, 0.2) is 0 Å². The molecule has 27 heavy (non-hydrogen) atoms. The van der Waals surface area contributed by atoms with Gasteiger partial charge in [0.1, 0.15) is 6.07 Å². The largest absolute Gasteiger partial charge is 0.462 e. The average Bonchev–Trinajstić information content (AvgIpc) is 3.09. The lowest BCUT2D eigenvalue weighted by atomic mass is 9.99. The van der Waals surface area contributed by atoms with Crippen molar-refractivity contribution in [2.24, 2.45) is 5.73 Å². The lowest BCUT2D eigenvalue weighted by molar-refractivity contribution is 0.0505. The molecular weight excluding hydrogens is 338 g/mol. The van der Waals surface area contributed by atoms with Crippen LogP contribution in [0.5, 0.6) is 0 Å². The highest BCUT2D eigenvalue weighted by molar-refractivity contribution is 5.91. The summed E-state index contributed by atoms with van der Waals surface area (Å²) in [7, 11) is 0. The zero-order valence-electron chi connectivity index (χ0n) is 15.9. The summed E-state index contributed by atoms with van der Waals surface area (Å²) in [5.41, 5.74) is 11.2. The second-order valence-electron chi connectivity index (χ2n) is 7.03. The Labute approximate surface area is 160 Å². The van der Waals surface area contributed by atoms with Crippen molar-refractivity contribution in [3.05, 3.63) is 58.7 Å². The molecule has 2 aromatic carbocycles. The number of benzene rings is 2. The van der Waals surface area contributed by atoms with Gasteiger partial charge in [-0.2, -0.15) is 5.26 Å². The van der Waals surface area contributed by atoms with Gasteiger partial charge in [-0.1, -0.05) is 19.1 Å². The van der Waals surface area contributed by atoms with Crippen molar-refractivity contribution < 1.29 is 9.53 Å². The third kappa shape index (κ3) is 4.12. The van der Waals surface area contributed by atoms with Crippen LogP contribution in [-0.4, -0.2) is 25.2 Å². The van der Waals surface area contributed by atoms with Crippen LogP contribution in [-0.2, 0) is 17.6 Å². The number of anilines is 2. The highest BCUT2D eigenvalue weighted by atomic mass is 16.5. The van der Waals surface area contributed by atoms with Crippen LogP contribution in [0.3, 0.4) is 0 Å². The molecule has 0 aliphatic carbocycles. The lowest BCUT2D eigenvalue weighted by Gasteiger charge is -2.22. The number of nitrogens with two attached hydrogens (primary N) is 1. The van der Waals surface area contributed by atoms with Crippen molar-refractivity contribution in [3.8, 4) is 6.07 Å². The summed E-state index contributed by atoms with van der Waals surface area (Å²) in [5.74, 6) is -0.314. The fourth-order valence-electron chi connectivity index (χ4n) is 3.53. The highest BCUT2D eigenvalue weighted by Gasteiger charge is 2.25. The zero-order valence-corrected chi connectivity index (χ0v) is 15.9. The van der Waals surface area contributed by atoms with Crippen molar-refractivity contribution in [1.82, 2.24) is 0 Å². The molecule has 0 radical (unpaired) electrons. The maximum atomic E-state index is 12.2. The Morgan fingerprint density at radius 1 is 1.37 bits per heavy atom. The van der Waals surface area contributed by atoms with Gasteiger partial charge in [0.25, 0.3) is 0 Å². The Bertz CT molecular complexity index is 884. The van der Waals surface area contributed by atoms with E-state index in [1.807, 2.05) is 38.1 Å². The molecule has 1 atom stereocenters. The maximum absolute atomic E-state index is 12.2. The summed E-state index contributed by atoms with van der Waals surface area (Å²) >= 11 is 0. The van der Waals surface area contributed by atoms with Gasteiger partial charge in [0.2, 0.25) is 0 Å². The summed E-state index contributed by atoms with van der Waals surface area (Å²) < 4.78 is 5.24. The van der Waals surface area contributed by atoms with Crippen molar-refractivity contribution in [1.29, 1.82) is 5.26 Å². The number of rotatable bonds is 6. The topological polar surface area (TPSA) is 79.3 Å². The van der Waals surface area contributed by atoms with E-state index in [-0.39, 0.29) is 12.0 Å². The molecule has 140 valence electrons. The van der Waals surface area contributed by atoms with E-state index in [0.29, 0.717) is 17.7 Å². The van der Waals surface area contributed by atoms with Gasteiger partial charge >= 0.3 is 5.97 Å². The third-order valence-electron chi connectivity index (χ3n) is 4.63. The minimum absolute atomic E-state index is 0.0536. The van der Waals surface area contributed by atoms with Crippen molar-refractivity contribution in [2.45, 2.75) is 39.2 Å². The van der Waals surface area contributed by atoms with Crippen LogP contribution in [0.4, 0.5) is 11.4 Å². The van der Waals surface area contributed by atoms with Crippen LogP contribution in [0.15, 0.2) is 36.4 Å². The van der Waals surface area contributed by atoms with E-state index in [0.717, 1.165) is 48.3 Å². The van der Waals surface area contributed by atoms with Crippen LogP contribution >= 0.6 is 0 Å². The molecule has 1 heterocycles. The molecule has 5 nitrogen and oxygen atoms in total. The number of nitrogens with zero attached hydrogens (tertiary/aromatic N) is 2. The molecular formula is C22H25N3O2. The monoisotopic (exact) mass is 363 g/mol. The average molecular weight is 363 g/mol. The zero-order chi connectivity index (χ0) is 19.4. The SMILES string of the molecule is CCCOC(=O)c1cccc(N2CCc3cc(CC(C)N)cc(C#N)c32)c1. The van der Waals surface area contributed by atoms with E-state index in [2.05, 4.69) is 17.0 Å². The number of hydrogen-bond donors (Lipinski definition) is 1. The summed E-state index contributed by atoms with van der Waals surface area (Å²) in [6.45, 7) is 5.12. The van der Waals surface area contributed by atoms with Gasteiger partial charge in [-0.25, -0.2) is 4.79 Å². The Morgan fingerprint density at radius 2 is 2.19 bits per heavy atom. The number of ether oxygens (including phenoxy) is 1. The van der Waals surface area contributed by atoms with Crippen molar-refractivity contribution in [3.63, 3.8) is 0 Å². The highest BCUT2D eigenvalue weighted by Crippen LogP contribution is 2.38. The van der Waals surface area contributed by atoms with E-state index in [1.165, 1.54) is 0 Å². The first-order valence-electron chi connectivity index (χ1n) is 9.39. The van der Waals surface area contributed by atoms with Crippen LogP contribution in [0.1, 0.15) is 47.3 Å². The molecule has 3 rings (SSSR count). The molecule has 5 heteroatoms.